The van der Waals surface area contributed by atoms with E-state index in [0.29, 0.717) is 19.7 Å². The standard InChI is InChI=1S/C25H31N5O2.HI/c1-19-10-11-21(24(15-19)32-18-22-8-5-14-31-22)17-28-25(26-2)27-16-20-7-3-4-9-23(20)30-13-6-12-29-30;/h3-4,6-7,9-13,15,22H,5,8,14,16-18H2,1-2H3,(H2,26,27,28);1H. The molecule has 8 heteroatoms. The molecule has 1 unspecified atom stereocenters. The van der Waals surface area contributed by atoms with E-state index in [1.165, 1.54) is 5.56 Å². The molecule has 1 fully saturated rings. The van der Waals surface area contributed by atoms with Gasteiger partial charge in [-0.15, -0.1) is 24.0 Å². The summed E-state index contributed by atoms with van der Waals surface area (Å²) in [6, 6.07) is 16.4. The molecular formula is C25H32IN5O2. The minimum absolute atomic E-state index is 0. The molecule has 1 atom stereocenters. The average molecular weight is 561 g/mol. The molecule has 0 radical (unpaired) electrons. The van der Waals surface area contributed by atoms with Gasteiger partial charge in [0.1, 0.15) is 12.4 Å². The summed E-state index contributed by atoms with van der Waals surface area (Å²) in [7, 11) is 1.78. The Kier molecular flexibility index (Phi) is 9.56. The van der Waals surface area contributed by atoms with Gasteiger partial charge in [-0.05, 0) is 49.1 Å². The Hall–Kier alpha value is -2.59. The number of para-hydroxylation sites is 1. The number of aliphatic imine (C=N–C) groups is 1. The fourth-order valence-electron chi connectivity index (χ4n) is 3.77. The molecule has 0 spiro atoms. The van der Waals surface area contributed by atoms with Crippen LogP contribution in [0.15, 0.2) is 65.9 Å². The van der Waals surface area contributed by atoms with E-state index in [2.05, 4.69) is 58.0 Å². The van der Waals surface area contributed by atoms with E-state index in [4.69, 9.17) is 9.47 Å². The molecule has 0 saturated carbocycles. The average Bonchev–Trinajstić information content (AvgIpc) is 3.53. The van der Waals surface area contributed by atoms with Crippen molar-refractivity contribution in [1.29, 1.82) is 0 Å². The Labute approximate surface area is 212 Å². The summed E-state index contributed by atoms with van der Waals surface area (Å²) in [5.41, 5.74) is 4.45. The lowest BCUT2D eigenvalue weighted by atomic mass is 10.1. The van der Waals surface area contributed by atoms with Crippen LogP contribution in [0.4, 0.5) is 0 Å². The summed E-state index contributed by atoms with van der Waals surface area (Å²) in [4.78, 5) is 4.38. The SMILES string of the molecule is CN=C(NCc1ccc(C)cc1OCC1CCCO1)NCc1ccccc1-n1cccn1.I. The number of nitrogens with zero attached hydrogens (tertiary/aromatic N) is 3. The highest BCUT2D eigenvalue weighted by Gasteiger charge is 2.17. The van der Waals surface area contributed by atoms with Gasteiger partial charge in [0.05, 0.1) is 11.8 Å². The second kappa shape index (κ2) is 12.6. The maximum absolute atomic E-state index is 6.12. The van der Waals surface area contributed by atoms with E-state index in [1.807, 2.05) is 29.1 Å². The molecule has 2 aromatic carbocycles. The van der Waals surface area contributed by atoms with E-state index in [-0.39, 0.29) is 30.1 Å². The lowest BCUT2D eigenvalue weighted by molar-refractivity contribution is 0.0676. The molecule has 33 heavy (non-hydrogen) atoms. The van der Waals surface area contributed by atoms with Crippen LogP contribution in [0.25, 0.3) is 5.69 Å². The molecule has 0 amide bonds. The summed E-state index contributed by atoms with van der Waals surface area (Å²) in [5.74, 6) is 1.62. The number of guanidine groups is 1. The molecule has 0 bridgehead atoms. The molecule has 176 valence electrons. The lowest BCUT2D eigenvalue weighted by Gasteiger charge is -2.17. The van der Waals surface area contributed by atoms with Gasteiger partial charge in [0.2, 0.25) is 0 Å². The molecule has 1 aliphatic rings. The van der Waals surface area contributed by atoms with Crippen LogP contribution in [0.5, 0.6) is 5.75 Å². The first-order valence-corrected chi connectivity index (χ1v) is 11.1. The first-order chi connectivity index (χ1) is 15.7. The summed E-state index contributed by atoms with van der Waals surface area (Å²) in [6.07, 6.45) is 6.10. The smallest absolute Gasteiger partial charge is 0.191 e. The third kappa shape index (κ3) is 6.94. The van der Waals surface area contributed by atoms with Crippen LogP contribution in [-0.4, -0.2) is 42.1 Å². The van der Waals surface area contributed by atoms with Gasteiger partial charge in [0.25, 0.3) is 0 Å². The normalized spacial score (nSPS) is 15.7. The summed E-state index contributed by atoms with van der Waals surface area (Å²) in [5, 5.41) is 11.2. The molecule has 1 aliphatic heterocycles. The largest absolute Gasteiger partial charge is 0.491 e. The predicted octanol–water partition coefficient (Wildman–Crippen LogP) is 4.22. The Morgan fingerprint density at radius 1 is 1.15 bits per heavy atom. The van der Waals surface area contributed by atoms with E-state index >= 15 is 0 Å². The van der Waals surface area contributed by atoms with Gasteiger partial charge in [-0.1, -0.05) is 30.3 Å². The molecule has 2 heterocycles. The number of rotatable bonds is 8. The van der Waals surface area contributed by atoms with Gasteiger partial charge >= 0.3 is 0 Å². The van der Waals surface area contributed by atoms with Crippen LogP contribution in [0, 0.1) is 6.92 Å². The zero-order valence-electron chi connectivity index (χ0n) is 19.2. The second-order valence-corrected chi connectivity index (χ2v) is 7.92. The Morgan fingerprint density at radius 3 is 2.70 bits per heavy atom. The molecule has 1 aromatic heterocycles. The van der Waals surface area contributed by atoms with Crippen molar-refractivity contribution >= 4 is 29.9 Å². The third-order valence-electron chi connectivity index (χ3n) is 5.53. The van der Waals surface area contributed by atoms with Crippen LogP contribution < -0.4 is 15.4 Å². The highest BCUT2D eigenvalue weighted by molar-refractivity contribution is 14.0. The summed E-state index contributed by atoms with van der Waals surface area (Å²) >= 11 is 0. The number of aryl methyl sites for hydroxylation is 1. The van der Waals surface area contributed by atoms with E-state index in [0.717, 1.165) is 48.0 Å². The van der Waals surface area contributed by atoms with Gasteiger partial charge in [-0.2, -0.15) is 5.10 Å². The van der Waals surface area contributed by atoms with Crippen molar-refractivity contribution in [3.05, 3.63) is 77.6 Å². The first kappa shape index (κ1) is 25.0. The van der Waals surface area contributed by atoms with E-state index in [9.17, 15) is 0 Å². The van der Waals surface area contributed by atoms with Crippen molar-refractivity contribution in [2.24, 2.45) is 4.99 Å². The van der Waals surface area contributed by atoms with Gasteiger partial charge in [0, 0.05) is 44.7 Å². The van der Waals surface area contributed by atoms with Crippen LogP contribution in [0.1, 0.15) is 29.5 Å². The van der Waals surface area contributed by atoms with Crippen LogP contribution >= 0.6 is 24.0 Å². The fourth-order valence-corrected chi connectivity index (χ4v) is 3.77. The van der Waals surface area contributed by atoms with Gasteiger partial charge in [0.15, 0.2) is 5.96 Å². The molecule has 7 nitrogen and oxygen atoms in total. The van der Waals surface area contributed by atoms with Crippen molar-refractivity contribution in [3.63, 3.8) is 0 Å². The van der Waals surface area contributed by atoms with Crippen molar-refractivity contribution in [3.8, 4) is 11.4 Å². The van der Waals surface area contributed by atoms with Gasteiger partial charge in [-0.3, -0.25) is 4.99 Å². The Morgan fingerprint density at radius 2 is 1.97 bits per heavy atom. The molecule has 3 aromatic rings. The third-order valence-corrected chi connectivity index (χ3v) is 5.53. The molecule has 1 saturated heterocycles. The van der Waals surface area contributed by atoms with Crippen LogP contribution in [0.3, 0.4) is 0 Å². The van der Waals surface area contributed by atoms with Gasteiger partial charge in [-0.25, -0.2) is 4.68 Å². The Balaban J connectivity index is 0.00000306. The number of nitrogens with one attached hydrogen (secondary N) is 2. The van der Waals surface area contributed by atoms with Crippen molar-refractivity contribution in [1.82, 2.24) is 20.4 Å². The minimum Gasteiger partial charge on any atom is -0.491 e. The van der Waals surface area contributed by atoms with Crippen LogP contribution in [-0.2, 0) is 17.8 Å². The number of hydrogen-bond acceptors (Lipinski definition) is 4. The van der Waals surface area contributed by atoms with E-state index < -0.39 is 0 Å². The fraction of sp³-hybridized carbons (Fsp3) is 0.360. The summed E-state index contributed by atoms with van der Waals surface area (Å²) < 4.78 is 13.7. The lowest BCUT2D eigenvalue weighted by Crippen LogP contribution is -2.36. The van der Waals surface area contributed by atoms with Gasteiger partial charge < -0.3 is 20.1 Å². The Bertz CT molecular complexity index is 1030. The summed E-state index contributed by atoms with van der Waals surface area (Å²) in [6.45, 7) is 4.75. The maximum atomic E-state index is 6.12. The number of aromatic nitrogens is 2. The van der Waals surface area contributed by atoms with Crippen molar-refractivity contribution < 1.29 is 9.47 Å². The first-order valence-electron chi connectivity index (χ1n) is 11.1. The quantitative estimate of drug-likeness (QED) is 0.245. The molecular weight excluding hydrogens is 529 g/mol. The topological polar surface area (TPSA) is 72.7 Å². The highest BCUT2D eigenvalue weighted by Crippen LogP contribution is 2.22. The number of hydrogen-bond donors (Lipinski definition) is 2. The maximum Gasteiger partial charge on any atom is 0.191 e. The molecule has 4 rings (SSSR count). The zero-order valence-corrected chi connectivity index (χ0v) is 21.5. The number of ether oxygens (including phenoxy) is 2. The number of halogens is 1. The monoisotopic (exact) mass is 561 g/mol. The van der Waals surface area contributed by atoms with Crippen LogP contribution in [0.2, 0.25) is 0 Å². The van der Waals surface area contributed by atoms with Crippen molar-refractivity contribution in [2.75, 3.05) is 20.3 Å². The predicted molar refractivity (Wildman–Crippen MR) is 142 cm³/mol. The van der Waals surface area contributed by atoms with Crippen molar-refractivity contribution in [2.45, 2.75) is 39.0 Å². The zero-order chi connectivity index (χ0) is 22.2. The number of benzene rings is 2. The molecule has 0 aliphatic carbocycles. The molecule has 2 N–H and O–H groups in total. The highest BCUT2D eigenvalue weighted by atomic mass is 127. The minimum atomic E-state index is 0. The van der Waals surface area contributed by atoms with E-state index in [1.54, 1.807) is 13.2 Å². The second-order valence-electron chi connectivity index (χ2n) is 7.92.